The van der Waals surface area contributed by atoms with Crippen molar-refractivity contribution in [1.82, 2.24) is 0 Å². The molecule has 0 saturated carbocycles. The van der Waals surface area contributed by atoms with Crippen molar-refractivity contribution >= 4 is 20.6 Å². The molecule has 108 valence electrons. The summed E-state index contributed by atoms with van der Waals surface area (Å²) < 4.78 is 23.0. The molecule has 0 aliphatic rings. The maximum atomic E-state index is 11.5. The largest absolute Gasteiger partial charge is 0.224 e. The van der Waals surface area contributed by atoms with Crippen LogP contribution in [-0.4, -0.2) is 14.7 Å². The van der Waals surface area contributed by atoms with E-state index in [1.807, 2.05) is 30.3 Å². The zero-order chi connectivity index (χ0) is 15.7. The predicted octanol–water partition coefficient (Wildman–Crippen LogP) is 3.78. The molecule has 0 aliphatic carbocycles. The van der Waals surface area contributed by atoms with Crippen LogP contribution in [0.3, 0.4) is 0 Å². The molecule has 3 aromatic rings. The third-order valence-corrected chi connectivity index (χ3v) is 4.71. The lowest BCUT2D eigenvalue weighted by Crippen LogP contribution is -1.96. The minimum absolute atomic E-state index is 0.315. The fourth-order valence-electron chi connectivity index (χ4n) is 2.39. The van der Waals surface area contributed by atoms with Gasteiger partial charge in [0.1, 0.15) is 0 Å². The minimum Gasteiger partial charge on any atom is -0.224 e. The van der Waals surface area contributed by atoms with Gasteiger partial charge in [-0.05, 0) is 52.2 Å². The molecule has 0 amide bonds. The molecule has 0 N–H and O–H groups in total. The second-order valence-electron chi connectivity index (χ2n) is 5.19. The Balaban J connectivity index is 2.05. The number of nitriles is 1. The van der Waals surface area contributed by atoms with Crippen LogP contribution in [-0.2, 0) is 9.84 Å². The Morgan fingerprint density at radius 2 is 1.41 bits per heavy atom. The van der Waals surface area contributed by atoms with E-state index in [1.54, 1.807) is 30.3 Å². The molecule has 0 radical (unpaired) electrons. The molecule has 0 aromatic heterocycles. The maximum Gasteiger partial charge on any atom is 0.175 e. The van der Waals surface area contributed by atoms with Crippen LogP contribution in [0.2, 0.25) is 0 Å². The van der Waals surface area contributed by atoms with Crippen molar-refractivity contribution in [3.63, 3.8) is 0 Å². The van der Waals surface area contributed by atoms with E-state index < -0.39 is 9.84 Å². The maximum absolute atomic E-state index is 11.5. The smallest absolute Gasteiger partial charge is 0.175 e. The fraction of sp³-hybridized carbons (Fsp3) is 0.0556. The summed E-state index contributed by atoms with van der Waals surface area (Å²) in [6.45, 7) is 0. The first kappa shape index (κ1) is 14.3. The lowest BCUT2D eigenvalue weighted by molar-refractivity contribution is 0.602. The van der Waals surface area contributed by atoms with Gasteiger partial charge in [0.2, 0.25) is 0 Å². The lowest BCUT2D eigenvalue weighted by atomic mass is 10.0. The Kier molecular flexibility index (Phi) is 3.44. The lowest BCUT2D eigenvalue weighted by Gasteiger charge is -2.06. The van der Waals surface area contributed by atoms with Gasteiger partial charge in [-0.3, -0.25) is 0 Å². The standard InChI is InChI=1S/C18H13NO2S/c1-22(20,21)18-8-6-14(7-9-18)16-5-4-15-10-13(12-19)2-3-17(15)11-16/h2-11H,1H3. The van der Waals surface area contributed by atoms with Crippen LogP contribution >= 0.6 is 0 Å². The molecule has 3 aromatic carbocycles. The van der Waals surface area contributed by atoms with Crippen molar-refractivity contribution in [2.75, 3.05) is 6.26 Å². The number of nitrogens with zero attached hydrogens (tertiary/aromatic N) is 1. The monoisotopic (exact) mass is 307 g/mol. The van der Waals surface area contributed by atoms with E-state index in [0.29, 0.717) is 10.5 Å². The van der Waals surface area contributed by atoms with Gasteiger partial charge in [0.15, 0.2) is 9.84 Å². The Morgan fingerprint density at radius 3 is 2.05 bits per heavy atom. The van der Waals surface area contributed by atoms with Gasteiger partial charge in [-0.1, -0.05) is 30.3 Å². The average molecular weight is 307 g/mol. The van der Waals surface area contributed by atoms with Gasteiger partial charge < -0.3 is 0 Å². The van der Waals surface area contributed by atoms with Crippen LogP contribution in [0.1, 0.15) is 5.56 Å². The minimum atomic E-state index is -3.17. The molecular formula is C18H13NO2S. The highest BCUT2D eigenvalue weighted by Gasteiger charge is 2.07. The van der Waals surface area contributed by atoms with Gasteiger partial charge >= 0.3 is 0 Å². The van der Waals surface area contributed by atoms with Gasteiger partial charge in [0, 0.05) is 6.26 Å². The molecule has 0 saturated heterocycles. The van der Waals surface area contributed by atoms with Crippen LogP contribution < -0.4 is 0 Å². The summed E-state index contributed by atoms with van der Waals surface area (Å²) in [5.41, 5.74) is 2.61. The van der Waals surface area contributed by atoms with Crippen molar-refractivity contribution in [2.45, 2.75) is 4.90 Å². The molecular weight excluding hydrogens is 294 g/mol. The van der Waals surface area contributed by atoms with E-state index in [-0.39, 0.29) is 0 Å². The topological polar surface area (TPSA) is 57.9 Å². The Labute approximate surface area is 129 Å². The first-order valence-corrected chi connectivity index (χ1v) is 8.61. The highest BCUT2D eigenvalue weighted by molar-refractivity contribution is 7.90. The molecule has 3 nitrogen and oxygen atoms in total. The number of fused-ring (bicyclic) bond motifs is 1. The van der Waals surface area contributed by atoms with Crippen molar-refractivity contribution in [2.24, 2.45) is 0 Å². The fourth-order valence-corrected chi connectivity index (χ4v) is 3.02. The highest BCUT2D eigenvalue weighted by atomic mass is 32.2. The van der Waals surface area contributed by atoms with Gasteiger partial charge in [0.25, 0.3) is 0 Å². The molecule has 0 spiro atoms. The normalized spacial score (nSPS) is 11.3. The van der Waals surface area contributed by atoms with Crippen molar-refractivity contribution in [3.8, 4) is 17.2 Å². The predicted molar refractivity (Wildman–Crippen MR) is 87.2 cm³/mol. The summed E-state index contributed by atoms with van der Waals surface area (Å²) in [4.78, 5) is 0.315. The van der Waals surface area contributed by atoms with Crippen LogP contribution in [0.4, 0.5) is 0 Å². The van der Waals surface area contributed by atoms with Gasteiger partial charge in [-0.15, -0.1) is 0 Å². The van der Waals surface area contributed by atoms with Crippen LogP contribution in [0, 0.1) is 11.3 Å². The second-order valence-corrected chi connectivity index (χ2v) is 7.20. The van der Waals surface area contributed by atoms with Crippen molar-refractivity contribution < 1.29 is 8.42 Å². The summed E-state index contributed by atoms with van der Waals surface area (Å²) in [6.07, 6.45) is 1.20. The molecule has 0 unspecified atom stereocenters. The number of sulfone groups is 1. The van der Waals surface area contributed by atoms with Gasteiger partial charge in [-0.2, -0.15) is 5.26 Å². The zero-order valence-corrected chi connectivity index (χ0v) is 12.8. The summed E-state index contributed by atoms with van der Waals surface area (Å²) in [7, 11) is -3.17. The molecule has 0 fully saturated rings. The highest BCUT2D eigenvalue weighted by Crippen LogP contribution is 2.26. The van der Waals surface area contributed by atoms with Crippen molar-refractivity contribution in [1.29, 1.82) is 5.26 Å². The SMILES string of the molecule is CS(=O)(=O)c1ccc(-c2ccc3cc(C#N)ccc3c2)cc1. The van der Waals surface area contributed by atoms with E-state index >= 15 is 0 Å². The third-order valence-electron chi connectivity index (χ3n) is 3.59. The van der Waals surface area contributed by atoms with E-state index in [4.69, 9.17) is 5.26 Å². The Hall–Kier alpha value is -2.64. The quantitative estimate of drug-likeness (QED) is 0.724. The van der Waals surface area contributed by atoms with E-state index in [9.17, 15) is 8.42 Å². The summed E-state index contributed by atoms with van der Waals surface area (Å²) >= 11 is 0. The van der Waals surface area contributed by atoms with Crippen molar-refractivity contribution in [3.05, 3.63) is 66.2 Å². The van der Waals surface area contributed by atoms with E-state index in [1.165, 1.54) is 6.26 Å². The number of rotatable bonds is 2. The van der Waals surface area contributed by atoms with Crippen LogP contribution in [0.25, 0.3) is 21.9 Å². The van der Waals surface area contributed by atoms with Gasteiger partial charge in [0.05, 0.1) is 16.5 Å². The Morgan fingerprint density at radius 1 is 0.818 bits per heavy atom. The molecule has 0 bridgehead atoms. The summed E-state index contributed by atoms with van der Waals surface area (Å²) in [5.74, 6) is 0. The van der Waals surface area contributed by atoms with Gasteiger partial charge in [-0.25, -0.2) is 8.42 Å². The summed E-state index contributed by atoms with van der Waals surface area (Å²) in [5, 5.41) is 11.0. The molecule has 0 aliphatic heterocycles. The molecule has 22 heavy (non-hydrogen) atoms. The zero-order valence-electron chi connectivity index (χ0n) is 11.9. The van der Waals surface area contributed by atoms with E-state index in [2.05, 4.69) is 6.07 Å². The first-order valence-electron chi connectivity index (χ1n) is 6.72. The second kappa shape index (κ2) is 5.28. The molecule has 0 heterocycles. The third kappa shape index (κ3) is 2.72. The van der Waals surface area contributed by atoms with Crippen LogP contribution in [0.5, 0.6) is 0 Å². The van der Waals surface area contributed by atoms with E-state index in [0.717, 1.165) is 21.9 Å². The molecule has 4 heteroatoms. The average Bonchev–Trinajstić information content (AvgIpc) is 2.53. The number of benzene rings is 3. The first-order chi connectivity index (χ1) is 10.5. The summed E-state index contributed by atoms with van der Waals surface area (Å²) in [6, 6.07) is 20.5. The Bertz CT molecular complexity index is 997. The number of hydrogen-bond acceptors (Lipinski definition) is 3. The molecule has 3 rings (SSSR count). The number of hydrogen-bond donors (Lipinski definition) is 0. The molecule has 0 atom stereocenters. The van der Waals surface area contributed by atoms with Crippen LogP contribution in [0.15, 0.2) is 65.6 Å².